The molecule has 2 aliphatic rings. The average molecular weight is 609 g/mol. The van der Waals surface area contributed by atoms with E-state index in [9.17, 15) is 13.2 Å². The SMILES string of the molecule is COCCOC1(C(=O)NOC)CCC(c2nc3c(C4=CCC(c5ccccc5)=NC4)cnn3c(=N)cc2S(C)(=O)=O)CC1. The number of carbonyl (C=O) groups is 1. The highest BCUT2D eigenvalue weighted by Gasteiger charge is 2.44. The highest BCUT2D eigenvalue weighted by molar-refractivity contribution is 7.90. The van der Waals surface area contributed by atoms with Gasteiger partial charge >= 0.3 is 0 Å². The summed E-state index contributed by atoms with van der Waals surface area (Å²) in [6, 6.07) is 11.3. The van der Waals surface area contributed by atoms with Crippen molar-refractivity contribution >= 4 is 32.7 Å². The molecule has 3 heterocycles. The zero-order valence-electron chi connectivity index (χ0n) is 24.5. The molecule has 12 nitrogen and oxygen atoms in total. The normalized spacial score (nSPS) is 20.9. The van der Waals surface area contributed by atoms with Crippen molar-refractivity contribution < 1.29 is 27.5 Å². The molecule has 0 radical (unpaired) electrons. The van der Waals surface area contributed by atoms with Gasteiger partial charge in [-0.25, -0.2) is 18.9 Å². The van der Waals surface area contributed by atoms with E-state index in [1.807, 2.05) is 30.3 Å². The Bertz CT molecular complexity index is 1730. The minimum Gasteiger partial charge on any atom is -0.382 e. The molecule has 1 amide bonds. The van der Waals surface area contributed by atoms with E-state index in [-0.39, 0.29) is 22.9 Å². The van der Waals surface area contributed by atoms with E-state index in [1.165, 1.54) is 17.7 Å². The first-order valence-corrected chi connectivity index (χ1v) is 16.0. The summed E-state index contributed by atoms with van der Waals surface area (Å²) in [5, 5.41) is 13.1. The number of hydrogen-bond acceptors (Lipinski definition) is 10. The lowest BCUT2D eigenvalue weighted by atomic mass is 9.77. The number of dihydropyridines is 1. The fourth-order valence-electron chi connectivity index (χ4n) is 5.74. The summed E-state index contributed by atoms with van der Waals surface area (Å²) in [5.74, 6) is -0.700. The van der Waals surface area contributed by atoms with Crippen molar-refractivity contribution in [1.82, 2.24) is 20.1 Å². The Kier molecular flexibility index (Phi) is 9.16. The lowest BCUT2D eigenvalue weighted by molar-refractivity contribution is -0.165. The molecule has 3 aromatic rings. The standard InChI is InChI=1S/C30H36N6O6S/c1-40-15-16-42-30(29(37)35-41-2)13-11-21(12-14-30)27-25(43(3,38)39)17-26(31)36-28(34-27)23(19-33-36)22-9-10-24(32-18-22)20-7-5-4-6-8-20/h4-9,17,19,21,31H,10-16,18H2,1-3H3,(H,35,37). The van der Waals surface area contributed by atoms with E-state index < -0.39 is 21.3 Å². The van der Waals surface area contributed by atoms with Gasteiger partial charge < -0.3 is 9.47 Å². The number of fused-ring (bicyclic) bond motifs is 1. The molecule has 5 rings (SSSR count). The summed E-state index contributed by atoms with van der Waals surface area (Å²) in [7, 11) is -0.841. The molecule has 0 unspecified atom stereocenters. The van der Waals surface area contributed by atoms with Gasteiger partial charge in [0.2, 0.25) is 0 Å². The van der Waals surface area contributed by atoms with Crippen LogP contribution in [0.2, 0.25) is 0 Å². The molecule has 1 aliphatic carbocycles. The maximum absolute atomic E-state index is 13.0. The van der Waals surface area contributed by atoms with E-state index in [0.29, 0.717) is 62.2 Å². The minimum atomic E-state index is -3.76. The number of benzene rings is 1. The van der Waals surface area contributed by atoms with Crippen LogP contribution >= 0.6 is 0 Å². The van der Waals surface area contributed by atoms with Gasteiger partial charge in [0.15, 0.2) is 15.5 Å². The van der Waals surface area contributed by atoms with Crippen molar-refractivity contribution in [2.45, 2.75) is 48.5 Å². The Balaban J connectivity index is 1.52. The Labute approximate surface area is 250 Å². The van der Waals surface area contributed by atoms with Gasteiger partial charge in [-0.2, -0.15) is 9.61 Å². The smallest absolute Gasteiger partial charge is 0.275 e. The maximum Gasteiger partial charge on any atom is 0.275 e. The zero-order valence-corrected chi connectivity index (χ0v) is 25.3. The number of carbonyl (C=O) groups excluding carboxylic acids is 1. The lowest BCUT2D eigenvalue weighted by Crippen LogP contribution is -2.51. The van der Waals surface area contributed by atoms with Gasteiger partial charge in [-0.3, -0.25) is 20.0 Å². The van der Waals surface area contributed by atoms with Gasteiger partial charge in [0.25, 0.3) is 5.91 Å². The van der Waals surface area contributed by atoms with Gasteiger partial charge in [-0.15, -0.1) is 0 Å². The highest BCUT2D eigenvalue weighted by Crippen LogP contribution is 2.41. The molecule has 228 valence electrons. The number of aliphatic imine (C=N–C) groups is 1. The summed E-state index contributed by atoms with van der Waals surface area (Å²) in [4.78, 5) is 27.6. The zero-order chi connectivity index (χ0) is 30.6. The summed E-state index contributed by atoms with van der Waals surface area (Å²) >= 11 is 0. The Morgan fingerprint density at radius 3 is 2.53 bits per heavy atom. The molecule has 0 bridgehead atoms. The van der Waals surface area contributed by atoms with Crippen LogP contribution in [0.1, 0.15) is 54.8 Å². The van der Waals surface area contributed by atoms with Crippen molar-refractivity contribution in [3.05, 3.63) is 71.0 Å². The third kappa shape index (κ3) is 6.44. The average Bonchev–Trinajstić information content (AvgIpc) is 3.36. The third-order valence-corrected chi connectivity index (χ3v) is 9.13. The van der Waals surface area contributed by atoms with Crippen LogP contribution in [0.4, 0.5) is 0 Å². The summed E-state index contributed by atoms with van der Waals surface area (Å²) in [6.45, 7) is 0.949. The molecule has 0 spiro atoms. The van der Waals surface area contributed by atoms with Crippen LogP contribution < -0.4 is 11.0 Å². The second-order valence-electron chi connectivity index (χ2n) is 10.8. The number of aromatic nitrogens is 3. The molecule has 0 saturated heterocycles. The number of allylic oxidation sites excluding steroid dienone is 1. The molecule has 2 aromatic heterocycles. The third-order valence-electron chi connectivity index (χ3n) is 8.01. The molecular formula is C30H36N6O6S. The molecule has 0 atom stereocenters. The number of amides is 1. The molecular weight excluding hydrogens is 572 g/mol. The van der Waals surface area contributed by atoms with Crippen molar-refractivity contribution in [2.75, 3.05) is 40.2 Å². The second-order valence-corrected chi connectivity index (χ2v) is 12.7. The molecule has 2 N–H and O–H groups in total. The number of nitrogens with zero attached hydrogens (tertiary/aromatic N) is 4. The van der Waals surface area contributed by atoms with Gasteiger partial charge in [0, 0.05) is 43.0 Å². The summed E-state index contributed by atoms with van der Waals surface area (Å²) in [5.41, 5.74) is 5.56. The molecule has 43 heavy (non-hydrogen) atoms. The predicted molar refractivity (Wildman–Crippen MR) is 159 cm³/mol. The number of nitrogens with one attached hydrogen (secondary N) is 2. The Morgan fingerprint density at radius 2 is 1.91 bits per heavy atom. The van der Waals surface area contributed by atoms with Crippen molar-refractivity contribution in [1.29, 1.82) is 5.41 Å². The van der Waals surface area contributed by atoms with E-state index >= 15 is 0 Å². The Hall–Kier alpha value is -3.78. The quantitative estimate of drug-likeness (QED) is 0.263. The first kappa shape index (κ1) is 30.7. The second kappa shape index (κ2) is 12.8. The first-order valence-electron chi connectivity index (χ1n) is 14.1. The lowest BCUT2D eigenvalue weighted by Gasteiger charge is -2.38. The molecule has 1 saturated carbocycles. The van der Waals surface area contributed by atoms with Crippen LogP contribution in [0.25, 0.3) is 11.2 Å². The van der Waals surface area contributed by atoms with Gasteiger partial charge in [0.05, 0.1) is 43.7 Å². The van der Waals surface area contributed by atoms with E-state index in [4.69, 9.17) is 29.7 Å². The number of hydroxylamine groups is 1. The maximum atomic E-state index is 13.0. The number of ether oxygens (including phenoxy) is 2. The molecule has 1 aliphatic heterocycles. The Morgan fingerprint density at radius 1 is 1.16 bits per heavy atom. The molecule has 1 fully saturated rings. The van der Waals surface area contributed by atoms with Crippen LogP contribution in [-0.2, 0) is 28.9 Å². The highest BCUT2D eigenvalue weighted by atomic mass is 32.2. The number of rotatable bonds is 10. The van der Waals surface area contributed by atoms with Crippen LogP contribution in [0.3, 0.4) is 0 Å². The summed E-state index contributed by atoms with van der Waals surface area (Å²) < 4.78 is 38.6. The number of sulfone groups is 1. The fraction of sp³-hybridized carbons (Fsp3) is 0.433. The fourth-order valence-corrected chi connectivity index (χ4v) is 6.65. The van der Waals surface area contributed by atoms with Crippen LogP contribution in [0.5, 0.6) is 0 Å². The molecule has 1 aromatic carbocycles. The van der Waals surface area contributed by atoms with Gasteiger partial charge in [0.1, 0.15) is 11.1 Å². The monoisotopic (exact) mass is 608 g/mol. The molecule has 13 heteroatoms. The van der Waals surface area contributed by atoms with E-state index in [1.54, 1.807) is 13.3 Å². The van der Waals surface area contributed by atoms with Gasteiger partial charge in [-0.1, -0.05) is 36.4 Å². The van der Waals surface area contributed by atoms with Crippen molar-refractivity contribution in [3.63, 3.8) is 0 Å². The van der Waals surface area contributed by atoms with E-state index in [0.717, 1.165) is 23.1 Å². The largest absolute Gasteiger partial charge is 0.382 e. The predicted octanol–water partition coefficient (Wildman–Crippen LogP) is 2.63. The topological polar surface area (TPSA) is 157 Å². The van der Waals surface area contributed by atoms with Crippen LogP contribution in [0.15, 0.2) is 58.6 Å². The van der Waals surface area contributed by atoms with Crippen LogP contribution in [0, 0.1) is 5.41 Å². The first-order chi connectivity index (χ1) is 20.7. The van der Waals surface area contributed by atoms with Crippen molar-refractivity contribution in [2.24, 2.45) is 4.99 Å². The summed E-state index contributed by atoms with van der Waals surface area (Å²) in [6.07, 6.45) is 6.98. The number of hydrogen-bond donors (Lipinski definition) is 2. The van der Waals surface area contributed by atoms with Crippen molar-refractivity contribution in [3.8, 4) is 0 Å². The van der Waals surface area contributed by atoms with Gasteiger partial charge in [-0.05, 0) is 36.8 Å². The van der Waals surface area contributed by atoms with E-state index in [2.05, 4.69) is 16.7 Å². The number of methoxy groups -OCH3 is 1. The minimum absolute atomic E-state index is 0.0184. The van der Waals surface area contributed by atoms with Crippen LogP contribution in [-0.4, -0.2) is 80.5 Å².